The number of furan rings is 1. The molecule has 51 heavy (non-hydrogen) atoms. The van der Waals surface area contributed by atoms with E-state index in [1.165, 1.54) is 13.2 Å². The first-order valence-corrected chi connectivity index (χ1v) is 17.3. The highest BCUT2D eigenvalue weighted by Crippen LogP contribution is 2.27. The lowest BCUT2D eigenvalue weighted by Gasteiger charge is -2.29. The molecule has 1 aromatic carbocycles. The lowest BCUT2D eigenvalue weighted by atomic mass is 9.84. The number of ether oxygens (including phenoxy) is 1. The van der Waals surface area contributed by atoms with E-state index in [1.54, 1.807) is 36.4 Å². The van der Waals surface area contributed by atoms with Gasteiger partial charge in [-0.2, -0.15) is 0 Å². The first-order valence-electron chi connectivity index (χ1n) is 17.3. The second kappa shape index (κ2) is 21.9. The molecule has 0 bridgehead atoms. The molecule has 0 unspecified atom stereocenters. The van der Waals surface area contributed by atoms with Crippen LogP contribution in [0.25, 0.3) is 0 Å². The summed E-state index contributed by atoms with van der Waals surface area (Å²) in [6.45, 7) is 5.91. The van der Waals surface area contributed by atoms with Gasteiger partial charge in [0.15, 0.2) is 0 Å². The fraction of sp³-hybridized carbons (Fsp3) is 0.500. The predicted molar refractivity (Wildman–Crippen MR) is 189 cm³/mol. The lowest BCUT2D eigenvalue weighted by molar-refractivity contribution is -0.129. The number of carbonyl (C=O) groups is 6. The van der Waals surface area contributed by atoms with Gasteiger partial charge in [-0.3, -0.25) is 28.8 Å². The molecule has 3 rings (SSSR count). The maximum Gasteiger partial charge on any atom is 0.244 e. The van der Waals surface area contributed by atoms with E-state index < -0.39 is 35.7 Å². The number of benzene rings is 1. The Bertz CT molecular complexity index is 1460. The van der Waals surface area contributed by atoms with Gasteiger partial charge in [0, 0.05) is 52.0 Å². The van der Waals surface area contributed by atoms with E-state index in [9.17, 15) is 28.8 Å². The Hall–Kier alpha value is -5.02. The average molecular weight is 710 g/mol. The van der Waals surface area contributed by atoms with E-state index in [1.807, 2.05) is 0 Å². The molecule has 1 aliphatic carbocycles. The fourth-order valence-electron chi connectivity index (χ4n) is 5.82. The van der Waals surface area contributed by atoms with Gasteiger partial charge in [0.2, 0.25) is 35.4 Å². The van der Waals surface area contributed by atoms with Crippen LogP contribution in [-0.4, -0.2) is 86.4 Å². The SMILES string of the molecule is C=CC(=O)NC[C@H](NC(=O)Cc1ccccc1CNC(=O)[C@H](Cc1ccco1)NC(=O)C[C@H]1CC[C@@H](NC(C)=O)CC1)C(=O)NCCOCCN. The van der Waals surface area contributed by atoms with Crippen molar-refractivity contribution in [1.82, 2.24) is 31.9 Å². The van der Waals surface area contributed by atoms with Crippen molar-refractivity contribution in [2.75, 3.05) is 32.8 Å². The normalized spacial score (nSPS) is 16.5. The summed E-state index contributed by atoms with van der Waals surface area (Å²) in [5, 5.41) is 16.6. The minimum absolute atomic E-state index is 0.0603. The molecule has 1 fully saturated rings. The monoisotopic (exact) mass is 709 g/mol. The van der Waals surface area contributed by atoms with E-state index in [2.05, 4.69) is 38.5 Å². The van der Waals surface area contributed by atoms with E-state index in [4.69, 9.17) is 14.9 Å². The Labute approximate surface area is 298 Å². The summed E-state index contributed by atoms with van der Waals surface area (Å²) in [5.74, 6) is -1.51. The van der Waals surface area contributed by atoms with Gasteiger partial charge < -0.3 is 46.8 Å². The van der Waals surface area contributed by atoms with Gasteiger partial charge in [-0.1, -0.05) is 30.8 Å². The summed E-state index contributed by atoms with van der Waals surface area (Å²) < 4.78 is 10.7. The molecule has 0 spiro atoms. The molecule has 1 saturated carbocycles. The number of nitrogens with one attached hydrogen (secondary N) is 6. The number of amides is 6. The second-order valence-electron chi connectivity index (χ2n) is 12.5. The largest absolute Gasteiger partial charge is 0.469 e. The minimum Gasteiger partial charge on any atom is -0.469 e. The first kappa shape index (κ1) is 40.4. The molecule has 2 atom stereocenters. The standard InChI is InChI=1S/C36H51N7O8/c1-3-32(45)39-23-31(36(49)38-15-18-50-17-14-37)43-34(47)20-26-7-4-5-8-27(26)22-40-35(48)30(21-29-9-6-16-51-29)42-33(46)19-25-10-12-28(13-11-25)41-24(2)44/h3-9,16,25,28,30-31H,1,10-15,17-23,37H2,2H3,(H,38,49)(H,39,45)(H,40,48)(H,41,44)(H,42,46)(H,43,47)/t25-,28+,30-,31-/m0/s1. The molecule has 8 N–H and O–H groups in total. The molecule has 0 saturated heterocycles. The van der Waals surface area contributed by atoms with Crippen molar-refractivity contribution in [3.63, 3.8) is 0 Å². The molecule has 1 heterocycles. The zero-order valence-corrected chi connectivity index (χ0v) is 29.2. The highest BCUT2D eigenvalue weighted by Gasteiger charge is 2.27. The molecule has 6 amide bonds. The van der Waals surface area contributed by atoms with Crippen molar-refractivity contribution in [3.05, 3.63) is 72.2 Å². The van der Waals surface area contributed by atoms with Crippen molar-refractivity contribution >= 4 is 35.4 Å². The van der Waals surface area contributed by atoms with Crippen molar-refractivity contribution < 1.29 is 37.9 Å². The highest BCUT2D eigenvalue weighted by molar-refractivity contribution is 5.91. The molecular weight excluding hydrogens is 658 g/mol. The molecule has 0 aliphatic heterocycles. The van der Waals surface area contributed by atoms with Gasteiger partial charge in [0.1, 0.15) is 17.8 Å². The van der Waals surface area contributed by atoms with Crippen LogP contribution in [0, 0.1) is 5.92 Å². The van der Waals surface area contributed by atoms with Gasteiger partial charge in [-0.25, -0.2) is 0 Å². The summed E-state index contributed by atoms with van der Waals surface area (Å²) in [7, 11) is 0. The van der Waals surface area contributed by atoms with Crippen molar-refractivity contribution in [2.45, 2.75) is 76.5 Å². The third-order valence-electron chi connectivity index (χ3n) is 8.41. The van der Waals surface area contributed by atoms with Gasteiger partial charge >= 0.3 is 0 Å². The van der Waals surface area contributed by atoms with Gasteiger partial charge in [-0.05, 0) is 60.9 Å². The molecule has 2 aromatic rings. The Balaban J connectivity index is 1.59. The number of hydrogen-bond donors (Lipinski definition) is 7. The molecule has 0 radical (unpaired) electrons. The zero-order valence-electron chi connectivity index (χ0n) is 29.2. The molecule has 15 heteroatoms. The molecule has 1 aliphatic rings. The first-order chi connectivity index (χ1) is 24.6. The predicted octanol–water partition coefficient (Wildman–Crippen LogP) is 0.129. The van der Waals surface area contributed by atoms with Crippen LogP contribution in [0.1, 0.15) is 55.9 Å². The van der Waals surface area contributed by atoms with Crippen LogP contribution >= 0.6 is 0 Å². The molecular formula is C36H51N7O8. The van der Waals surface area contributed by atoms with E-state index in [0.29, 0.717) is 30.0 Å². The number of hydrogen-bond acceptors (Lipinski definition) is 9. The Morgan fingerprint density at radius 2 is 1.61 bits per heavy atom. The van der Waals surface area contributed by atoms with Crippen LogP contribution in [0.15, 0.2) is 59.7 Å². The van der Waals surface area contributed by atoms with Gasteiger partial charge in [0.05, 0.1) is 25.9 Å². The van der Waals surface area contributed by atoms with Gasteiger partial charge in [0.25, 0.3) is 0 Å². The average Bonchev–Trinajstić information content (AvgIpc) is 3.62. The highest BCUT2D eigenvalue weighted by atomic mass is 16.5. The number of nitrogens with two attached hydrogens (primary N) is 1. The third kappa shape index (κ3) is 15.2. The molecule has 15 nitrogen and oxygen atoms in total. The Morgan fingerprint density at radius 1 is 0.902 bits per heavy atom. The van der Waals surface area contributed by atoms with Crippen LogP contribution < -0.4 is 37.6 Å². The minimum atomic E-state index is -1.07. The van der Waals surface area contributed by atoms with Crippen LogP contribution in [0.3, 0.4) is 0 Å². The number of carbonyl (C=O) groups excluding carboxylic acids is 6. The second-order valence-corrected chi connectivity index (χ2v) is 12.5. The van der Waals surface area contributed by atoms with Crippen molar-refractivity contribution in [3.8, 4) is 0 Å². The molecule has 278 valence electrons. The zero-order chi connectivity index (χ0) is 37.0. The quantitative estimate of drug-likeness (QED) is 0.0690. The summed E-state index contributed by atoms with van der Waals surface area (Å²) >= 11 is 0. The summed E-state index contributed by atoms with van der Waals surface area (Å²) in [5.41, 5.74) is 6.68. The summed E-state index contributed by atoms with van der Waals surface area (Å²) in [4.78, 5) is 75.7. The van der Waals surface area contributed by atoms with Gasteiger partial charge in [-0.15, -0.1) is 0 Å². The Kier molecular flexibility index (Phi) is 17.4. The van der Waals surface area contributed by atoms with E-state index in [-0.39, 0.29) is 69.3 Å². The van der Waals surface area contributed by atoms with Crippen molar-refractivity contribution in [2.24, 2.45) is 11.7 Å². The van der Waals surface area contributed by atoms with E-state index in [0.717, 1.165) is 31.8 Å². The smallest absolute Gasteiger partial charge is 0.244 e. The summed E-state index contributed by atoms with van der Waals surface area (Å²) in [6, 6.07) is 8.64. The number of rotatable bonds is 21. The van der Waals surface area contributed by atoms with Crippen LogP contribution in [0.5, 0.6) is 0 Å². The topological polar surface area (TPSA) is 223 Å². The van der Waals surface area contributed by atoms with Crippen LogP contribution in [-0.2, 0) is 52.9 Å². The van der Waals surface area contributed by atoms with Crippen molar-refractivity contribution in [1.29, 1.82) is 0 Å². The fourth-order valence-corrected chi connectivity index (χ4v) is 5.82. The van der Waals surface area contributed by atoms with Crippen LogP contribution in [0.2, 0.25) is 0 Å². The molecule has 1 aromatic heterocycles. The Morgan fingerprint density at radius 3 is 2.27 bits per heavy atom. The van der Waals surface area contributed by atoms with Crippen LogP contribution in [0.4, 0.5) is 0 Å². The lowest BCUT2D eigenvalue weighted by Crippen LogP contribution is -2.53. The third-order valence-corrected chi connectivity index (χ3v) is 8.41. The maximum atomic E-state index is 13.5. The summed E-state index contributed by atoms with van der Waals surface area (Å²) in [6.07, 6.45) is 6.08. The van der Waals surface area contributed by atoms with E-state index >= 15 is 0 Å². The maximum absolute atomic E-state index is 13.5.